The van der Waals surface area contributed by atoms with Gasteiger partial charge in [-0.25, -0.2) is 9.97 Å². The highest BCUT2D eigenvalue weighted by atomic mass is 15.1. The second kappa shape index (κ2) is 9.79. The normalized spacial score (nSPS) is 11.6. The van der Waals surface area contributed by atoms with E-state index in [0.29, 0.717) is 0 Å². The van der Waals surface area contributed by atoms with Crippen LogP contribution >= 0.6 is 0 Å². The van der Waals surface area contributed by atoms with Crippen molar-refractivity contribution in [2.45, 2.75) is 0 Å². The molecule has 44 heavy (non-hydrogen) atoms. The summed E-state index contributed by atoms with van der Waals surface area (Å²) < 4.78 is 4.59. The topological polar surface area (TPSA) is 35.1 Å². The molecule has 0 N–H and O–H groups in total. The summed E-state index contributed by atoms with van der Waals surface area (Å²) in [5.41, 5.74) is 13.0. The first kappa shape index (κ1) is 24.6. The van der Waals surface area contributed by atoms with Crippen molar-refractivity contribution in [2.24, 2.45) is 0 Å². The summed E-state index contributed by atoms with van der Waals surface area (Å²) >= 11 is 0. The molecule has 9 aromatic rings. The molecule has 0 atom stereocenters. The van der Waals surface area contributed by atoms with E-state index >= 15 is 0 Å². The molecular weight excluding hydrogens is 536 g/mol. The quantitative estimate of drug-likeness (QED) is 0.214. The number of rotatable bonds is 4. The van der Waals surface area contributed by atoms with E-state index in [4.69, 9.17) is 9.97 Å². The molecule has 0 aliphatic heterocycles. The van der Waals surface area contributed by atoms with Crippen LogP contribution in [0, 0.1) is 0 Å². The summed E-state index contributed by atoms with van der Waals surface area (Å²) in [6, 6.07) is 55.4. The number of imidazole rings is 1. The standard InChI is InChI=1S/C40H26N4/c1-2-11-28(12-3-1)40-42-34-17-6-8-19-36(34)43(40)32-23-21-27(22-24-32)29-14-10-15-31(25-29)39-38-26-30-13-4-7-18-35(30)44(38)37-20-9-5-16-33(37)41-39/h1-26H. The maximum Gasteiger partial charge on any atom is 0.145 e. The Balaban J connectivity index is 1.17. The van der Waals surface area contributed by atoms with E-state index in [9.17, 15) is 0 Å². The third-order valence-electron chi connectivity index (χ3n) is 8.50. The Hall–Kier alpha value is -6.00. The Morgan fingerprint density at radius 1 is 0.386 bits per heavy atom. The average Bonchev–Trinajstić information content (AvgIpc) is 3.68. The average molecular weight is 563 g/mol. The van der Waals surface area contributed by atoms with Gasteiger partial charge in [-0.2, -0.15) is 0 Å². The molecule has 4 nitrogen and oxygen atoms in total. The molecule has 6 aromatic carbocycles. The fourth-order valence-corrected chi connectivity index (χ4v) is 6.44. The summed E-state index contributed by atoms with van der Waals surface area (Å²) in [7, 11) is 0. The molecule has 3 aromatic heterocycles. The number of hydrogen-bond acceptors (Lipinski definition) is 2. The third-order valence-corrected chi connectivity index (χ3v) is 8.50. The molecule has 0 aliphatic rings. The second-order valence-corrected chi connectivity index (χ2v) is 11.1. The van der Waals surface area contributed by atoms with Crippen molar-refractivity contribution < 1.29 is 0 Å². The lowest BCUT2D eigenvalue weighted by Crippen LogP contribution is -1.97. The van der Waals surface area contributed by atoms with Crippen LogP contribution in [0.3, 0.4) is 0 Å². The van der Waals surface area contributed by atoms with Gasteiger partial charge < -0.3 is 4.40 Å². The lowest BCUT2D eigenvalue weighted by atomic mass is 10.0. The maximum absolute atomic E-state index is 5.19. The number of fused-ring (bicyclic) bond motifs is 6. The Bertz CT molecular complexity index is 2480. The van der Waals surface area contributed by atoms with E-state index in [0.717, 1.165) is 67.0 Å². The third kappa shape index (κ3) is 3.85. The zero-order valence-electron chi connectivity index (χ0n) is 23.8. The minimum atomic E-state index is 0.938. The first-order valence-electron chi connectivity index (χ1n) is 14.8. The Labute approximate surface area is 254 Å². The number of benzene rings is 6. The van der Waals surface area contributed by atoms with Crippen molar-refractivity contribution >= 4 is 38.5 Å². The molecule has 0 fully saturated rings. The van der Waals surface area contributed by atoms with Crippen LogP contribution in [0.5, 0.6) is 0 Å². The highest BCUT2D eigenvalue weighted by Gasteiger charge is 2.16. The van der Waals surface area contributed by atoms with E-state index in [1.165, 1.54) is 10.9 Å². The predicted octanol–water partition coefficient (Wildman–Crippen LogP) is 9.98. The van der Waals surface area contributed by atoms with Crippen molar-refractivity contribution in [1.29, 1.82) is 0 Å². The molecule has 0 unspecified atom stereocenters. The highest BCUT2D eigenvalue weighted by molar-refractivity contribution is 5.99. The Kier molecular flexibility index (Phi) is 5.47. The SMILES string of the molecule is c1ccc(-c2nc3ccccc3n2-c2ccc(-c3cccc(-c4nc5ccccc5n5c4cc4ccccc45)c3)cc2)cc1. The van der Waals surface area contributed by atoms with Crippen molar-refractivity contribution in [2.75, 3.05) is 0 Å². The summed E-state index contributed by atoms with van der Waals surface area (Å²) in [6.45, 7) is 0. The lowest BCUT2D eigenvalue weighted by molar-refractivity contribution is 1.10. The predicted molar refractivity (Wildman–Crippen MR) is 181 cm³/mol. The van der Waals surface area contributed by atoms with Crippen molar-refractivity contribution in [3.05, 3.63) is 158 Å². The smallest absolute Gasteiger partial charge is 0.145 e. The number of hydrogen-bond donors (Lipinski definition) is 0. The number of para-hydroxylation sites is 5. The van der Waals surface area contributed by atoms with Gasteiger partial charge in [0, 0.05) is 22.2 Å². The zero-order chi connectivity index (χ0) is 29.0. The van der Waals surface area contributed by atoms with E-state index in [1.807, 2.05) is 12.1 Å². The van der Waals surface area contributed by atoms with Gasteiger partial charge >= 0.3 is 0 Å². The van der Waals surface area contributed by atoms with Crippen LogP contribution in [0.2, 0.25) is 0 Å². The van der Waals surface area contributed by atoms with Crippen molar-refractivity contribution in [3.8, 4) is 39.5 Å². The van der Waals surface area contributed by atoms with Gasteiger partial charge in [0.25, 0.3) is 0 Å². The Morgan fingerprint density at radius 2 is 1.02 bits per heavy atom. The fraction of sp³-hybridized carbons (Fsp3) is 0. The van der Waals surface area contributed by atoms with Gasteiger partial charge in [-0.1, -0.05) is 103 Å². The molecule has 0 saturated heterocycles. The molecule has 0 saturated carbocycles. The first-order chi connectivity index (χ1) is 21.8. The first-order valence-corrected chi connectivity index (χ1v) is 14.8. The van der Waals surface area contributed by atoms with Gasteiger partial charge in [0.2, 0.25) is 0 Å². The lowest BCUT2D eigenvalue weighted by Gasteiger charge is -2.12. The molecule has 0 aliphatic carbocycles. The molecule has 3 heterocycles. The van der Waals surface area contributed by atoms with Crippen molar-refractivity contribution in [1.82, 2.24) is 18.9 Å². The van der Waals surface area contributed by atoms with Crippen LogP contribution in [-0.2, 0) is 0 Å². The number of aromatic nitrogens is 4. The minimum Gasteiger partial charge on any atom is -0.306 e. The van der Waals surface area contributed by atoms with Crippen LogP contribution < -0.4 is 0 Å². The van der Waals surface area contributed by atoms with Gasteiger partial charge in [0.15, 0.2) is 0 Å². The largest absolute Gasteiger partial charge is 0.306 e. The van der Waals surface area contributed by atoms with Gasteiger partial charge in [-0.15, -0.1) is 0 Å². The molecule has 206 valence electrons. The summed E-state index contributed by atoms with van der Waals surface area (Å²) in [6.07, 6.45) is 0. The van der Waals surface area contributed by atoms with Crippen LogP contribution in [0.4, 0.5) is 0 Å². The van der Waals surface area contributed by atoms with Crippen LogP contribution in [-0.4, -0.2) is 18.9 Å². The molecule has 4 heteroatoms. The maximum atomic E-state index is 5.19. The van der Waals surface area contributed by atoms with E-state index < -0.39 is 0 Å². The monoisotopic (exact) mass is 562 g/mol. The summed E-state index contributed by atoms with van der Waals surface area (Å²) in [5, 5.41) is 1.21. The van der Waals surface area contributed by atoms with Gasteiger partial charge in [-0.05, 0) is 65.7 Å². The number of nitrogens with zero attached hydrogens (tertiary/aromatic N) is 4. The molecular formula is C40H26N4. The molecule has 0 bridgehead atoms. The van der Waals surface area contributed by atoms with E-state index in [-0.39, 0.29) is 0 Å². The molecule has 9 rings (SSSR count). The Morgan fingerprint density at radius 3 is 1.84 bits per heavy atom. The molecule has 0 spiro atoms. The fourth-order valence-electron chi connectivity index (χ4n) is 6.44. The van der Waals surface area contributed by atoms with Gasteiger partial charge in [0.05, 0.1) is 38.8 Å². The van der Waals surface area contributed by atoms with Crippen molar-refractivity contribution in [3.63, 3.8) is 0 Å². The van der Waals surface area contributed by atoms with E-state index in [2.05, 4.69) is 155 Å². The summed E-state index contributed by atoms with van der Waals surface area (Å²) in [5.74, 6) is 0.938. The molecule has 0 radical (unpaired) electrons. The van der Waals surface area contributed by atoms with Crippen LogP contribution in [0.1, 0.15) is 0 Å². The van der Waals surface area contributed by atoms with Crippen LogP contribution in [0.25, 0.3) is 77.9 Å². The zero-order valence-corrected chi connectivity index (χ0v) is 23.8. The van der Waals surface area contributed by atoms with Crippen LogP contribution in [0.15, 0.2) is 158 Å². The summed E-state index contributed by atoms with van der Waals surface area (Å²) in [4.78, 5) is 10.2. The molecule has 0 amide bonds. The van der Waals surface area contributed by atoms with Gasteiger partial charge in [0.1, 0.15) is 5.82 Å². The van der Waals surface area contributed by atoms with Gasteiger partial charge in [-0.3, -0.25) is 4.57 Å². The second-order valence-electron chi connectivity index (χ2n) is 11.1. The highest BCUT2D eigenvalue weighted by Crippen LogP contribution is 2.35. The minimum absolute atomic E-state index is 0.938. The van der Waals surface area contributed by atoms with E-state index in [1.54, 1.807) is 0 Å².